The first-order valence-corrected chi connectivity index (χ1v) is 13.9. The summed E-state index contributed by atoms with van der Waals surface area (Å²) in [6.45, 7) is 1.95. The fourth-order valence-corrected chi connectivity index (χ4v) is 4.79. The van der Waals surface area contributed by atoms with E-state index in [1.165, 1.54) is 41.5 Å². The highest BCUT2D eigenvalue weighted by Crippen LogP contribution is 2.31. The minimum absolute atomic E-state index is 0.0196. The van der Waals surface area contributed by atoms with E-state index in [0.29, 0.717) is 28.6 Å². The van der Waals surface area contributed by atoms with Crippen LogP contribution < -0.4 is 9.50 Å². The predicted octanol–water partition coefficient (Wildman–Crippen LogP) is 6.48. The van der Waals surface area contributed by atoms with Crippen molar-refractivity contribution >= 4 is 27.8 Å². The van der Waals surface area contributed by atoms with Crippen LogP contribution >= 0.6 is 0 Å². The topological polar surface area (TPSA) is 115 Å². The summed E-state index contributed by atoms with van der Waals surface area (Å²) in [6.07, 6.45) is -3.28. The quantitative estimate of drug-likeness (QED) is 0.163. The van der Waals surface area contributed by atoms with E-state index in [0.717, 1.165) is 18.2 Å². The van der Waals surface area contributed by atoms with E-state index in [2.05, 4.69) is 5.32 Å². The molecule has 0 unspecified atom stereocenters. The molecule has 1 N–H and O–H groups in total. The van der Waals surface area contributed by atoms with E-state index < -0.39 is 38.8 Å². The second-order valence-electron chi connectivity index (χ2n) is 8.87. The zero-order chi connectivity index (χ0) is 30.3. The Balaban J connectivity index is 1.51. The number of nitrogens with zero attached hydrogens (tertiary/aromatic N) is 1. The molecular formula is C29H25F3N2O7S. The van der Waals surface area contributed by atoms with Gasteiger partial charge in [0.25, 0.3) is 0 Å². The normalized spacial score (nSPS) is 11.5. The van der Waals surface area contributed by atoms with Crippen LogP contribution in [0.5, 0.6) is 5.75 Å². The number of hydrogen-bond acceptors (Lipinski definition) is 7. The zero-order valence-electron chi connectivity index (χ0n) is 22.1. The molecule has 4 aromatic rings. The smallest absolute Gasteiger partial charge is 0.416 e. The number of benzene rings is 3. The molecule has 0 saturated heterocycles. The molecule has 0 atom stereocenters. The van der Waals surface area contributed by atoms with Gasteiger partial charge in [0.1, 0.15) is 16.4 Å². The minimum Gasteiger partial charge on any atom is -0.467 e. The molecule has 0 aliphatic carbocycles. The third kappa shape index (κ3) is 7.91. The molecule has 2 amide bonds. The van der Waals surface area contributed by atoms with Gasteiger partial charge in [0, 0.05) is 12.2 Å². The molecule has 0 radical (unpaired) electrons. The SMILES string of the molecule is CCOC(=O)c1ccc(NC(=O)N(Cc2cccc(OS(=O)(=O)c3cccc(C(F)(F)F)c3)c2)Cc2ccco2)cc1. The number of esters is 1. The van der Waals surface area contributed by atoms with Gasteiger partial charge < -0.3 is 23.6 Å². The molecule has 0 saturated carbocycles. The Bertz CT molecular complexity index is 1640. The lowest BCUT2D eigenvalue weighted by Crippen LogP contribution is -2.34. The van der Waals surface area contributed by atoms with Gasteiger partial charge in [0.05, 0.1) is 30.5 Å². The highest BCUT2D eigenvalue weighted by atomic mass is 32.2. The number of furan rings is 1. The molecule has 4 rings (SSSR count). The van der Waals surface area contributed by atoms with Crippen molar-refractivity contribution in [3.8, 4) is 5.75 Å². The summed E-state index contributed by atoms with van der Waals surface area (Å²) in [6, 6.07) is 18.0. The Morgan fingerprint density at radius 1 is 0.929 bits per heavy atom. The number of carbonyl (C=O) groups is 2. The van der Waals surface area contributed by atoms with Crippen LogP contribution in [0, 0.1) is 0 Å². The van der Waals surface area contributed by atoms with Gasteiger partial charge in [-0.2, -0.15) is 21.6 Å². The van der Waals surface area contributed by atoms with Crippen molar-refractivity contribution in [3.05, 3.63) is 114 Å². The molecule has 1 heterocycles. The third-order valence-corrected chi connectivity index (χ3v) is 7.03. The lowest BCUT2D eigenvalue weighted by molar-refractivity contribution is -0.137. The van der Waals surface area contributed by atoms with Gasteiger partial charge in [0.2, 0.25) is 0 Å². The molecule has 3 aromatic carbocycles. The maximum atomic E-state index is 13.2. The van der Waals surface area contributed by atoms with E-state index in [1.807, 2.05) is 0 Å². The van der Waals surface area contributed by atoms with Crippen molar-refractivity contribution in [1.82, 2.24) is 4.90 Å². The van der Waals surface area contributed by atoms with E-state index in [-0.39, 0.29) is 25.4 Å². The maximum Gasteiger partial charge on any atom is 0.416 e. The maximum absolute atomic E-state index is 13.2. The second kappa shape index (κ2) is 12.8. The highest BCUT2D eigenvalue weighted by molar-refractivity contribution is 7.87. The van der Waals surface area contributed by atoms with Gasteiger partial charge in [-0.25, -0.2) is 9.59 Å². The van der Waals surface area contributed by atoms with E-state index in [1.54, 1.807) is 37.3 Å². The number of urea groups is 1. The van der Waals surface area contributed by atoms with Crippen molar-refractivity contribution in [2.24, 2.45) is 0 Å². The second-order valence-corrected chi connectivity index (χ2v) is 10.4. The van der Waals surface area contributed by atoms with Gasteiger partial charge in [0.15, 0.2) is 0 Å². The summed E-state index contributed by atoms with van der Waals surface area (Å²) >= 11 is 0. The van der Waals surface area contributed by atoms with Crippen molar-refractivity contribution in [3.63, 3.8) is 0 Å². The first kappa shape index (κ1) is 30.2. The molecule has 42 heavy (non-hydrogen) atoms. The number of ether oxygens (including phenoxy) is 1. The van der Waals surface area contributed by atoms with Gasteiger partial charge in [-0.05, 0) is 79.2 Å². The van der Waals surface area contributed by atoms with E-state index in [9.17, 15) is 31.2 Å². The molecule has 0 aliphatic heterocycles. The molecule has 0 aliphatic rings. The predicted molar refractivity (Wildman–Crippen MR) is 145 cm³/mol. The number of carbonyl (C=O) groups excluding carboxylic acids is 2. The highest BCUT2D eigenvalue weighted by Gasteiger charge is 2.32. The lowest BCUT2D eigenvalue weighted by atomic mass is 10.2. The number of halogens is 3. The Labute approximate surface area is 239 Å². The molecule has 0 bridgehead atoms. The number of alkyl halides is 3. The summed E-state index contributed by atoms with van der Waals surface area (Å²) in [5.41, 5.74) is 0.0584. The zero-order valence-corrected chi connectivity index (χ0v) is 22.9. The van der Waals surface area contributed by atoms with E-state index >= 15 is 0 Å². The van der Waals surface area contributed by atoms with Crippen LogP contribution in [-0.2, 0) is 34.1 Å². The van der Waals surface area contributed by atoms with Crippen molar-refractivity contribution in [1.29, 1.82) is 0 Å². The molecular weight excluding hydrogens is 577 g/mol. The third-order valence-electron chi connectivity index (χ3n) is 5.79. The average Bonchev–Trinajstić information content (AvgIpc) is 3.46. The monoisotopic (exact) mass is 602 g/mol. The summed E-state index contributed by atoms with van der Waals surface area (Å²) in [5, 5.41) is 2.74. The fraction of sp³-hybridized carbons (Fsp3) is 0.172. The number of amides is 2. The first-order chi connectivity index (χ1) is 19.9. The first-order valence-electron chi connectivity index (χ1n) is 12.5. The van der Waals surface area contributed by atoms with Crippen molar-refractivity contribution < 1.29 is 44.5 Å². The van der Waals surface area contributed by atoms with Crippen molar-refractivity contribution in [2.45, 2.75) is 31.1 Å². The molecule has 13 heteroatoms. The van der Waals surface area contributed by atoms with Crippen LogP contribution in [0.2, 0.25) is 0 Å². The van der Waals surface area contributed by atoms with Gasteiger partial charge in [-0.1, -0.05) is 18.2 Å². The van der Waals surface area contributed by atoms with Crippen molar-refractivity contribution in [2.75, 3.05) is 11.9 Å². The Kier molecular flexibility index (Phi) is 9.21. The molecule has 0 fully saturated rings. The summed E-state index contributed by atoms with van der Waals surface area (Å²) in [7, 11) is -4.59. The van der Waals surface area contributed by atoms with Crippen LogP contribution in [0.15, 0.2) is 101 Å². The summed E-state index contributed by atoms with van der Waals surface area (Å²) < 4.78 is 80.2. The molecule has 220 valence electrons. The van der Waals surface area contributed by atoms with Crippen LogP contribution in [0.4, 0.5) is 23.7 Å². The van der Waals surface area contributed by atoms with Crippen LogP contribution in [0.3, 0.4) is 0 Å². The number of hydrogen-bond donors (Lipinski definition) is 1. The van der Waals surface area contributed by atoms with Crippen LogP contribution in [-0.4, -0.2) is 31.9 Å². The summed E-state index contributed by atoms with van der Waals surface area (Å²) in [5.74, 6) is -0.174. The fourth-order valence-electron chi connectivity index (χ4n) is 3.82. The Morgan fingerprint density at radius 3 is 2.33 bits per heavy atom. The standard InChI is InChI=1S/C29H25F3N2O7S/c1-2-39-27(35)21-11-13-23(14-12-21)33-28(36)34(19-25-9-5-15-40-25)18-20-6-3-8-24(16-20)41-42(37,38)26-10-4-7-22(17-26)29(30,31)32/h3-17H,2,18-19H2,1H3,(H,33,36). The number of rotatable bonds is 10. The van der Waals surface area contributed by atoms with Gasteiger partial charge >= 0.3 is 28.3 Å². The van der Waals surface area contributed by atoms with Gasteiger partial charge in [-0.15, -0.1) is 0 Å². The number of nitrogens with one attached hydrogen (secondary N) is 1. The average molecular weight is 603 g/mol. The van der Waals surface area contributed by atoms with Crippen LogP contribution in [0.25, 0.3) is 0 Å². The molecule has 0 spiro atoms. The molecule has 9 nitrogen and oxygen atoms in total. The lowest BCUT2D eigenvalue weighted by Gasteiger charge is -2.23. The largest absolute Gasteiger partial charge is 0.467 e. The Morgan fingerprint density at radius 2 is 1.67 bits per heavy atom. The minimum atomic E-state index is -4.73. The molecule has 1 aromatic heterocycles. The van der Waals surface area contributed by atoms with E-state index in [4.69, 9.17) is 13.3 Å². The number of anilines is 1. The summed E-state index contributed by atoms with van der Waals surface area (Å²) in [4.78, 5) is 25.9. The Hall–Kier alpha value is -4.78. The van der Waals surface area contributed by atoms with Crippen LogP contribution in [0.1, 0.15) is 34.2 Å². The van der Waals surface area contributed by atoms with Gasteiger partial charge in [-0.3, -0.25) is 0 Å².